The van der Waals surface area contributed by atoms with Gasteiger partial charge >= 0.3 is 0 Å². The van der Waals surface area contributed by atoms with Crippen LogP contribution in [-0.2, 0) is 0 Å². The van der Waals surface area contributed by atoms with Crippen LogP contribution in [0.5, 0.6) is 0 Å². The molecule has 0 saturated heterocycles. The minimum Gasteiger partial charge on any atom is -0.122 e. The molecule has 0 aromatic heterocycles. The molecule has 11 heavy (non-hydrogen) atoms. The van der Waals surface area contributed by atoms with Crippen LogP contribution in [-0.4, -0.2) is 5.38 Å². The molecule has 0 spiro atoms. The van der Waals surface area contributed by atoms with Gasteiger partial charge in [-0.05, 0) is 17.8 Å². The van der Waals surface area contributed by atoms with Crippen LogP contribution in [0.25, 0.3) is 0 Å². The average Bonchev–Trinajstić information content (AvgIpc) is 2.00. The van der Waals surface area contributed by atoms with Crippen LogP contribution in [0, 0.1) is 17.8 Å². The zero-order valence-electron chi connectivity index (χ0n) is 8.39. The quantitative estimate of drug-likeness (QED) is 0.570. The maximum atomic E-state index is 6.24. The first-order valence-corrected chi connectivity index (χ1v) is 5.08. The average molecular weight is 177 g/mol. The summed E-state index contributed by atoms with van der Waals surface area (Å²) in [6.45, 7) is 11.1. The summed E-state index contributed by atoms with van der Waals surface area (Å²) in [4.78, 5) is 0. The Balaban J connectivity index is 3.90. The lowest BCUT2D eigenvalue weighted by Crippen LogP contribution is -2.23. The first-order chi connectivity index (χ1) is 5.00. The highest BCUT2D eigenvalue weighted by Gasteiger charge is 2.21. The highest BCUT2D eigenvalue weighted by Crippen LogP contribution is 2.27. The van der Waals surface area contributed by atoms with Crippen molar-refractivity contribution in [2.45, 2.75) is 46.4 Å². The first kappa shape index (κ1) is 11.3. The number of halogens is 1. The Labute approximate surface area is 76.3 Å². The smallest absolute Gasteiger partial charge is 0.0387 e. The lowest BCUT2D eigenvalue weighted by atomic mass is 9.86. The van der Waals surface area contributed by atoms with Gasteiger partial charge < -0.3 is 0 Å². The van der Waals surface area contributed by atoms with Gasteiger partial charge in [0.25, 0.3) is 0 Å². The summed E-state index contributed by atoms with van der Waals surface area (Å²) in [5, 5.41) is 0.338. The molecule has 0 aromatic rings. The zero-order valence-corrected chi connectivity index (χ0v) is 9.15. The molecule has 0 bridgehead atoms. The van der Waals surface area contributed by atoms with E-state index >= 15 is 0 Å². The molecule has 68 valence electrons. The summed E-state index contributed by atoms with van der Waals surface area (Å²) in [5.41, 5.74) is 0. The third-order valence-corrected chi connectivity index (χ3v) is 3.58. The van der Waals surface area contributed by atoms with E-state index in [2.05, 4.69) is 34.6 Å². The van der Waals surface area contributed by atoms with Crippen molar-refractivity contribution in [1.29, 1.82) is 0 Å². The molecule has 0 aliphatic rings. The molecule has 0 N–H and O–H groups in total. The number of alkyl halides is 1. The second kappa shape index (κ2) is 5.03. The minimum atomic E-state index is 0.338. The Morgan fingerprint density at radius 3 is 1.82 bits per heavy atom. The fraction of sp³-hybridized carbons (Fsp3) is 1.00. The standard InChI is InChI=1S/C10H21Cl/c1-6-8(4)9(5)10(11)7(2)3/h7-10H,6H2,1-5H3. The van der Waals surface area contributed by atoms with Crippen LogP contribution in [0.3, 0.4) is 0 Å². The van der Waals surface area contributed by atoms with Crippen molar-refractivity contribution in [3.8, 4) is 0 Å². The third kappa shape index (κ3) is 3.46. The largest absolute Gasteiger partial charge is 0.122 e. The van der Waals surface area contributed by atoms with Crippen LogP contribution < -0.4 is 0 Å². The van der Waals surface area contributed by atoms with Gasteiger partial charge in [0.05, 0.1) is 0 Å². The third-order valence-electron chi connectivity index (χ3n) is 2.68. The number of hydrogen-bond acceptors (Lipinski definition) is 0. The Kier molecular flexibility index (Phi) is 5.16. The van der Waals surface area contributed by atoms with Gasteiger partial charge in [-0.3, -0.25) is 0 Å². The summed E-state index contributed by atoms with van der Waals surface area (Å²) in [6.07, 6.45) is 1.23. The van der Waals surface area contributed by atoms with Crippen LogP contribution >= 0.6 is 11.6 Å². The molecular weight excluding hydrogens is 156 g/mol. The molecule has 3 unspecified atom stereocenters. The molecule has 0 nitrogen and oxygen atoms in total. The van der Waals surface area contributed by atoms with E-state index in [0.29, 0.717) is 17.2 Å². The molecule has 0 amide bonds. The normalized spacial score (nSPS) is 19.9. The fourth-order valence-corrected chi connectivity index (χ4v) is 1.54. The summed E-state index contributed by atoms with van der Waals surface area (Å²) in [6, 6.07) is 0. The van der Waals surface area contributed by atoms with Crippen molar-refractivity contribution in [3.05, 3.63) is 0 Å². The van der Waals surface area contributed by atoms with Crippen molar-refractivity contribution in [1.82, 2.24) is 0 Å². The van der Waals surface area contributed by atoms with E-state index in [4.69, 9.17) is 11.6 Å². The van der Waals surface area contributed by atoms with Crippen LogP contribution in [0.4, 0.5) is 0 Å². The van der Waals surface area contributed by atoms with E-state index < -0.39 is 0 Å². The molecular formula is C10H21Cl. The monoisotopic (exact) mass is 176 g/mol. The molecule has 0 aromatic carbocycles. The van der Waals surface area contributed by atoms with Gasteiger partial charge in [0.1, 0.15) is 0 Å². The van der Waals surface area contributed by atoms with Crippen LogP contribution in [0.15, 0.2) is 0 Å². The molecule has 0 rings (SSSR count). The van der Waals surface area contributed by atoms with Gasteiger partial charge in [-0.25, -0.2) is 0 Å². The highest BCUT2D eigenvalue weighted by atomic mass is 35.5. The maximum absolute atomic E-state index is 6.24. The topological polar surface area (TPSA) is 0 Å². The van der Waals surface area contributed by atoms with Gasteiger partial charge in [-0.15, -0.1) is 11.6 Å². The first-order valence-electron chi connectivity index (χ1n) is 4.64. The van der Waals surface area contributed by atoms with Gasteiger partial charge in [0, 0.05) is 5.38 Å². The molecule has 3 atom stereocenters. The molecule has 0 saturated carbocycles. The van der Waals surface area contributed by atoms with Crippen molar-refractivity contribution in [2.75, 3.05) is 0 Å². The number of rotatable bonds is 4. The Hall–Kier alpha value is 0.290. The maximum Gasteiger partial charge on any atom is 0.0387 e. The lowest BCUT2D eigenvalue weighted by Gasteiger charge is -2.26. The molecule has 0 radical (unpaired) electrons. The zero-order chi connectivity index (χ0) is 9.02. The molecule has 1 heteroatoms. The van der Waals surface area contributed by atoms with E-state index in [1.165, 1.54) is 6.42 Å². The van der Waals surface area contributed by atoms with Crippen molar-refractivity contribution in [3.63, 3.8) is 0 Å². The summed E-state index contributed by atoms with van der Waals surface area (Å²) in [7, 11) is 0. The van der Waals surface area contributed by atoms with E-state index in [1.54, 1.807) is 0 Å². The second-order valence-electron chi connectivity index (χ2n) is 3.93. The minimum absolute atomic E-state index is 0.338. The summed E-state index contributed by atoms with van der Waals surface area (Å²) >= 11 is 6.24. The SMILES string of the molecule is CCC(C)C(C)C(Cl)C(C)C. The van der Waals surface area contributed by atoms with Gasteiger partial charge in [0.15, 0.2) is 0 Å². The second-order valence-corrected chi connectivity index (χ2v) is 4.44. The molecule has 0 fully saturated rings. The summed E-state index contributed by atoms with van der Waals surface area (Å²) < 4.78 is 0. The van der Waals surface area contributed by atoms with E-state index in [0.717, 1.165) is 5.92 Å². The predicted molar refractivity (Wildman–Crippen MR) is 53.1 cm³/mol. The Bertz CT molecular complexity index is 99.0. The van der Waals surface area contributed by atoms with Gasteiger partial charge in [-0.2, -0.15) is 0 Å². The number of hydrogen-bond donors (Lipinski definition) is 0. The van der Waals surface area contributed by atoms with E-state index in [9.17, 15) is 0 Å². The summed E-state index contributed by atoms with van der Waals surface area (Å²) in [5.74, 6) is 1.99. The lowest BCUT2D eigenvalue weighted by molar-refractivity contribution is 0.323. The van der Waals surface area contributed by atoms with Crippen molar-refractivity contribution in [2.24, 2.45) is 17.8 Å². The van der Waals surface area contributed by atoms with Crippen LogP contribution in [0.2, 0.25) is 0 Å². The molecule has 0 aliphatic carbocycles. The molecule has 0 aliphatic heterocycles. The Morgan fingerprint density at radius 1 is 1.09 bits per heavy atom. The van der Waals surface area contributed by atoms with E-state index in [-0.39, 0.29) is 0 Å². The van der Waals surface area contributed by atoms with E-state index in [1.807, 2.05) is 0 Å². The molecule has 0 heterocycles. The van der Waals surface area contributed by atoms with Crippen molar-refractivity contribution < 1.29 is 0 Å². The van der Waals surface area contributed by atoms with Crippen molar-refractivity contribution >= 4 is 11.6 Å². The fourth-order valence-electron chi connectivity index (χ4n) is 1.29. The van der Waals surface area contributed by atoms with Gasteiger partial charge in [0.2, 0.25) is 0 Å². The highest BCUT2D eigenvalue weighted by molar-refractivity contribution is 6.20. The predicted octanol–water partition coefficient (Wildman–Crippen LogP) is 3.93. The Morgan fingerprint density at radius 2 is 1.55 bits per heavy atom. The van der Waals surface area contributed by atoms with Gasteiger partial charge in [-0.1, -0.05) is 41.0 Å². The van der Waals surface area contributed by atoms with Crippen LogP contribution in [0.1, 0.15) is 41.0 Å².